The number of likely N-dealkylation sites (tertiary alicyclic amines) is 2. The zero-order chi connectivity index (χ0) is 24.9. The van der Waals surface area contributed by atoms with E-state index >= 15 is 0 Å². The Bertz CT molecular complexity index is 1420. The quantitative estimate of drug-likeness (QED) is 0.512. The van der Waals surface area contributed by atoms with E-state index in [-0.39, 0.29) is 41.2 Å². The number of carbonyl (C=O) groups is 3. The Morgan fingerprint density at radius 3 is 2.43 bits per heavy atom. The molecule has 0 spiro atoms. The number of rotatable bonds is 4. The lowest BCUT2D eigenvalue weighted by atomic mass is 9.99. The third-order valence-corrected chi connectivity index (χ3v) is 8.57. The van der Waals surface area contributed by atoms with Gasteiger partial charge in [0.25, 0.3) is 11.8 Å². The summed E-state index contributed by atoms with van der Waals surface area (Å²) >= 11 is 1.39. The molecule has 1 aliphatic carbocycles. The molecular formula is C25H22F2N4O3S. The third-order valence-electron chi connectivity index (χ3n) is 7.43. The van der Waals surface area contributed by atoms with Crippen molar-refractivity contribution in [2.45, 2.75) is 33.2 Å². The van der Waals surface area contributed by atoms with Gasteiger partial charge in [-0.05, 0) is 36.1 Å². The molecule has 35 heavy (non-hydrogen) atoms. The summed E-state index contributed by atoms with van der Waals surface area (Å²) in [4.78, 5) is 50.8. The number of imide groups is 1. The van der Waals surface area contributed by atoms with E-state index in [1.807, 2.05) is 19.9 Å². The molecule has 2 unspecified atom stereocenters. The summed E-state index contributed by atoms with van der Waals surface area (Å²) in [6.07, 6.45) is 3.19. The Morgan fingerprint density at radius 2 is 1.77 bits per heavy atom. The van der Waals surface area contributed by atoms with Gasteiger partial charge >= 0.3 is 0 Å². The van der Waals surface area contributed by atoms with E-state index < -0.39 is 24.9 Å². The number of aromatic nitrogens is 2. The number of alkyl halides is 2. The maximum absolute atomic E-state index is 13.4. The number of aryl methyl sites for hydroxylation is 1. The molecule has 2 aliphatic heterocycles. The van der Waals surface area contributed by atoms with Gasteiger partial charge in [-0.1, -0.05) is 13.8 Å². The van der Waals surface area contributed by atoms with Gasteiger partial charge in [0.15, 0.2) is 0 Å². The van der Waals surface area contributed by atoms with Gasteiger partial charge in [0, 0.05) is 22.8 Å². The molecule has 2 saturated heterocycles. The normalized spacial score (nSPS) is 24.0. The van der Waals surface area contributed by atoms with E-state index in [0.717, 1.165) is 14.5 Å². The molecule has 3 fully saturated rings. The summed E-state index contributed by atoms with van der Waals surface area (Å²) < 4.78 is 27.6. The van der Waals surface area contributed by atoms with Crippen molar-refractivity contribution >= 4 is 39.3 Å². The molecular weight excluding hydrogens is 474 g/mol. The number of hydrogen-bond acceptors (Lipinski definition) is 6. The van der Waals surface area contributed by atoms with E-state index in [9.17, 15) is 23.2 Å². The molecule has 3 amide bonds. The van der Waals surface area contributed by atoms with E-state index in [0.29, 0.717) is 22.3 Å². The van der Waals surface area contributed by atoms with Gasteiger partial charge in [0.2, 0.25) is 11.8 Å². The average Bonchev–Trinajstić information content (AvgIpc) is 3.03. The van der Waals surface area contributed by atoms with Gasteiger partial charge < -0.3 is 4.90 Å². The maximum atomic E-state index is 13.4. The average molecular weight is 497 g/mol. The Morgan fingerprint density at radius 1 is 1.11 bits per heavy atom. The van der Waals surface area contributed by atoms with Crippen LogP contribution < -0.4 is 0 Å². The van der Waals surface area contributed by atoms with Crippen LogP contribution in [0.25, 0.3) is 21.5 Å². The minimum atomic E-state index is -2.86. The van der Waals surface area contributed by atoms with E-state index in [1.165, 1.54) is 16.2 Å². The molecule has 7 nitrogen and oxygen atoms in total. The number of nitrogens with zero attached hydrogens (tertiary/aromatic N) is 4. The van der Waals surface area contributed by atoms with Crippen LogP contribution in [0.3, 0.4) is 0 Å². The van der Waals surface area contributed by atoms with E-state index in [2.05, 4.69) is 9.97 Å². The number of amides is 3. The SMILES string of the molecule is Cc1ccnc(-c2ccnc3cc(CN4C(=O)C5C(C4=O)C5(C)C)sc23)c1C(=O)N1CC(F)(F)C1. The third kappa shape index (κ3) is 3.22. The Balaban J connectivity index is 1.35. The topological polar surface area (TPSA) is 83.5 Å². The van der Waals surface area contributed by atoms with Crippen molar-refractivity contribution in [1.82, 2.24) is 19.8 Å². The van der Waals surface area contributed by atoms with Crippen LogP contribution in [0.4, 0.5) is 8.78 Å². The second-order valence-electron chi connectivity index (χ2n) is 10.2. The second kappa shape index (κ2) is 7.13. The lowest BCUT2D eigenvalue weighted by Gasteiger charge is -2.39. The van der Waals surface area contributed by atoms with Crippen molar-refractivity contribution in [3.63, 3.8) is 0 Å². The molecule has 0 N–H and O–H groups in total. The molecule has 2 atom stereocenters. The Kier molecular flexibility index (Phi) is 4.52. The van der Waals surface area contributed by atoms with E-state index in [1.54, 1.807) is 31.5 Å². The number of thiophene rings is 1. The lowest BCUT2D eigenvalue weighted by Crippen LogP contribution is -2.58. The van der Waals surface area contributed by atoms with Crippen LogP contribution in [0.5, 0.6) is 0 Å². The first-order valence-electron chi connectivity index (χ1n) is 11.4. The van der Waals surface area contributed by atoms with Crippen LogP contribution in [0.1, 0.15) is 34.6 Å². The first-order valence-corrected chi connectivity index (χ1v) is 12.2. The van der Waals surface area contributed by atoms with Gasteiger partial charge in [0.05, 0.1) is 52.9 Å². The number of pyridine rings is 2. The highest BCUT2D eigenvalue weighted by molar-refractivity contribution is 7.19. The number of fused-ring (bicyclic) bond motifs is 2. The summed E-state index contributed by atoms with van der Waals surface area (Å²) in [7, 11) is 0. The van der Waals surface area contributed by atoms with Crippen molar-refractivity contribution in [3.8, 4) is 11.3 Å². The first kappa shape index (κ1) is 22.2. The highest BCUT2D eigenvalue weighted by Gasteiger charge is 2.72. The minimum Gasteiger partial charge on any atom is -0.326 e. The molecule has 3 aliphatic rings. The zero-order valence-electron chi connectivity index (χ0n) is 19.3. The number of hydrogen-bond donors (Lipinski definition) is 0. The molecule has 0 radical (unpaired) electrons. The molecule has 0 aromatic carbocycles. The van der Waals surface area contributed by atoms with Crippen LogP contribution >= 0.6 is 11.3 Å². The monoisotopic (exact) mass is 496 g/mol. The summed E-state index contributed by atoms with van der Waals surface area (Å²) in [5, 5.41) is 0. The van der Waals surface area contributed by atoms with Crippen LogP contribution in [-0.2, 0) is 16.1 Å². The highest BCUT2D eigenvalue weighted by atomic mass is 32.1. The standard InChI is InChI=1S/C25H22F2N4O3S/c1-12-4-6-29-19(16(12)21(32)30-10-25(26,27)11-30)14-5-7-28-15-8-13(35-20(14)15)9-31-22(33)17-18(23(31)34)24(17,2)3/h4-8,17-18H,9-11H2,1-3H3. The fraction of sp³-hybridized carbons (Fsp3) is 0.400. The number of halogens is 2. The van der Waals surface area contributed by atoms with Crippen LogP contribution in [0.15, 0.2) is 30.6 Å². The van der Waals surface area contributed by atoms with Gasteiger partial charge in [-0.2, -0.15) is 0 Å². The van der Waals surface area contributed by atoms with Crippen molar-refractivity contribution < 1.29 is 23.2 Å². The number of piperidine rings is 1. The summed E-state index contributed by atoms with van der Waals surface area (Å²) in [6, 6.07) is 5.27. The highest BCUT2D eigenvalue weighted by Crippen LogP contribution is 2.63. The fourth-order valence-electron chi connectivity index (χ4n) is 5.41. The zero-order valence-corrected chi connectivity index (χ0v) is 20.2. The molecule has 180 valence electrons. The van der Waals surface area contributed by atoms with Crippen molar-refractivity contribution in [2.24, 2.45) is 17.3 Å². The predicted octanol–water partition coefficient (Wildman–Crippen LogP) is 3.90. The summed E-state index contributed by atoms with van der Waals surface area (Å²) in [6.45, 7) is 4.61. The van der Waals surface area contributed by atoms with Gasteiger partial charge in [0.1, 0.15) is 0 Å². The summed E-state index contributed by atoms with van der Waals surface area (Å²) in [5.41, 5.74) is 2.39. The smallest absolute Gasteiger partial charge is 0.282 e. The van der Waals surface area contributed by atoms with Gasteiger partial charge in [-0.15, -0.1) is 11.3 Å². The molecule has 3 aromatic rings. The number of carbonyl (C=O) groups excluding carboxylic acids is 3. The Hall–Kier alpha value is -3.27. The molecule has 5 heterocycles. The van der Waals surface area contributed by atoms with Crippen molar-refractivity contribution in [1.29, 1.82) is 0 Å². The molecule has 0 bridgehead atoms. The molecule has 10 heteroatoms. The van der Waals surface area contributed by atoms with Crippen LogP contribution in [0.2, 0.25) is 0 Å². The molecule has 1 saturated carbocycles. The fourth-order valence-corrected chi connectivity index (χ4v) is 6.53. The summed E-state index contributed by atoms with van der Waals surface area (Å²) in [5.74, 6) is -4.08. The van der Waals surface area contributed by atoms with Gasteiger partial charge in [-0.25, -0.2) is 8.78 Å². The minimum absolute atomic E-state index is 0.129. The second-order valence-corrected chi connectivity index (χ2v) is 11.3. The lowest BCUT2D eigenvalue weighted by molar-refractivity contribution is -0.143. The largest absolute Gasteiger partial charge is 0.326 e. The first-order chi connectivity index (χ1) is 16.5. The van der Waals surface area contributed by atoms with Gasteiger partial charge in [-0.3, -0.25) is 29.3 Å². The Labute approximate surface area is 203 Å². The van der Waals surface area contributed by atoms with Crippen molar-refractivity contribution in [2.75, 3.05) is 13.1 Å². The maximum Gasteiger partial charge on any atom is 0.282 e. The van der Waals surface area contributed by atoms with Crippen molar-refractivity contribution in [3.05, 3.63) is 46.6 Å². The molecule has 3 aromatic heterocycles. The van der Waals surface area contributed by atoms with Crippen LogP contribution in [-0.4, -0.2) is 56.5 Å². The molecule has 6 rings (SSSR count). The van der Waals surface area contributed by atoms with Crippen LogP contribution in [0, 0.1) is 24.2 Å². The predicted molar refractivity (Wildman–Crippen MR) is 125 cm³/mol. The van der Waals surface area contributed by atoms with E-state index in [4.69, 9.17) is 0 Å².